The van der Waals surface area contributed by atoms with Crippen molar-refractivity contribution < 1.29 is 0 Å². The van der Waals surface area contributed by atoms with Crippen molar-refractivity contribution in [3.8, 4) is 84.6 Å². The summed E-state index contributed by atoms with van der Waals surface area (Å²) in [6.45, 7) is 0. The zero-order valence-electron chi connectivity index (χ0n) is 76.8. The average Bonchev–Trinajstić information content (AvgIpc) is 1.57. The summed E-state index contributed by atoms with van der Waals surface area (Å²) in [5.41, 5.74) is 35.8. The summed E-state index contributed by atoms with van der Waals surface area (Å²) in [6, 6.07) is 184. The zero-order valence-corrected chi connectivity index (χ0v) is 76.8. The van der Waals surface area contributed by atoms with E-state index in [0.29, 0.717) is 0 Å². The van der Waals surface area contributed by atoms with Crippen LogP contribution in [-0.4, -0.2) is 41.1 Å². The van der Waals surface area contributed by atoms with Crippen molar-refractivity contribution in [3.63, 3.8) is 0 Å². The Hall–Kier alpha value is -19.0. The number of hydrogen-bond acceptors (Lipinski definition) is 0. The third kappa shape index (κ3) is 13.1. The summed E-state index contributed by atoms with van der Waals surface area (Å²) in [6.07, 6.45) is 6.57. The minimum atomic E-state index is 1.13. The van der Waals surface area contributed by atoms with Crippen molar-refractivity contribution in [2.75, 3.05) is 0 Å². The Kier molecular flexibility index (Phi) is 18.8. The molecule has 30 aromatic rings. The highest BCUT2D eigenvalue weighted by Gasteiger charge is 2.26. The first-order valence-corrected chi connectivity index (χ1v) is 48.3. The molecule has 0 N–H and O–H groups in total. The third-order valence-corrected chi connectivity index (χ3v) is 29.0. The summed E-state index contributed by atoms with van der Waals surface area (Å²) in [4.78, 5) is 0. The highest BCUT2D eigenvalue weighted by molar-refractivity contribution is 6.22. The number of para-hydroxylation sites is 9. The molecule has 0 fully saturated rings. The summed E-state index contributed by atoms with van der Waals surface area (Å²) < 4.78 is 21.5. The molecule has 141 heavy (non-hydrogen) atoms. The van der Waals surface area contributed by atoms with Gasteiger partial charge in [0.1, 0.15) is 0 Å². The Morgan fingerprint density at radius 2 is 0.305 bits per heavy atom. The number of rotatable bonds is 12. The lowest BCUT2D eigenvalue weighted by Crippen LogP contribution is -1.99. The van der Waals surface area contributed by atoms with Gasteiger partial charge in [-0.3, -0.25) is 0 Å². The van der Waals surface area contributed by atoms with Gasteiger partial charge in [-0.15, -0.1) is 0 Å². The molecule has 0 spiro atoms. The normalized spacial score (nSPS) is 11.8. The van der Waals surface area contributed by atoms with E-state index < -0.39 is 0 Å². The van der Waals surface area contributed by atoms with Gasteiger partial charge in [0.05, 0.1) is 82.8 Å². The molecule has 9 heteroatoms. The van der Waals surface area contributed by atoms with Crippen LogP contribution in [0.15, 0.2) is 528 Å². The molecule has 0 atom stereocenters. The predicted octanol–water partition coefficient (Wildman–Crippen LogP) is 34.5. The van der Waals surface area contributed by atoms with Gasteiger partial charge in [-0.25, -0.2) is 0 Å². The van der Waals surface area contributed by atoms with Crippen LogP contribution in [0.4, 0.5) is 0 Å². The average molecular weight is 1800 g/mol. The van der Waals surface area contributed by atoms with Gasteiger partial charge in [-0.2, -0.15) is 0 Å². The fourth-order valence-corrected chi connectivity index (χ4v) is 22.7. The minimum absolute atomic E-state index is 1.13. The van der Waals surface area contributed by atoms with E-state index in [-0.39, 0.29) is 0 Å². The molecule has 0 aliphatic rings. The van der Waals surface area contributed by atoms with Crippen LogP contribution in [-0.2, 0) is 0 Å². The molecule has 9 heterocycles. The molecule has 9 nitrogen and oxygen atoms in total. The quantitative estimate of drug-likeness (QED) is 0.117. The smallest absolute Gasteiger partial charge is 0.0788 e. The van der Waals surface area contributed by atoms with Crippen molar-refractivity contribution in [2.45, 2.75) is 0 Å². The maximum Gasteiger partial charge on any atom is 0.0788 e. The van der Waals surface area contributed by atoms with Crippen molar-refractivity contribution in [1.82, 2.24) is 41.1 Å². The SMILES string of the molecule is c1ccc(-c2ccc3c(c2)c2cc(-c4ccccc4)ccc2n3-c2ccc(-n3c4ccccc4c4ccc5ccn(-c6ccccc6)c5c43)cc2)cc1.c1ccc(-c2ccc3c(c2)c2ccccc2n3-c2ccc(-n3c4ccccc4c4ccc5ccn(-c6ccccc6)c5c43)cc2)cc1.c1ccc(-n2ccc3ccc4c5ccccc5n(-c5ccc(-n6c7ccccc7c7ccccc76)cc5)c4c32)cc1. The number of fused-ring (bicyclic) bond motifs is 24. The van der Waals surface area contributed by atoms with Crippen LogP contribution in [0.1, 0.15) is 0 Å². The van der Waals surface area contributed by atoms with Crippen LogP contribution in [0.3, 0.4) is 0 Å². The van der Waals surface area contributed by atoms with Crippen LogP contribution in [0.25, 0.3) is 248 Å². The van der Waals surface area contributed by atoms with Crippen LogP contribution < -0.4 is 0 Å². The van der Waals surface area contributed by atoms with E-state index in [4.69, 9.17) is 0 Å². The van der Waals surface area contributed by atoms with Gasteiger partial charge in [0.15, 0.2) is 0 Å². The van der Waals surface area contributed by atoms with E-state index >= 15 is 0 Å². The Balaban J connectivity index is 0.000000104. The molecule has 0 saturated carbocycles. The fourth-order valence-electron chi connectivity index (χ4n) is 22.7. The van der Waals surface area contributed by atoms with Crippen molar-refractivity contribution in [2.24, 2.45) is 0 Å². The van der Waals surface area contributed by atoms with E-state index in [1.807, 2.05) is 0 Å². The molecule has 30 rings (SSSR count). The lowest BCUT2D eigenvalue weighted by atomic mass is 10.0. The van der Waals surface area contributed by atoms with Crippen LogP contribution in [0.5, 0.6) is 0 Å². The second-order valence-electron chi connectivity index (χ2n) is 36.7. The number of benzene rings is 21. The summed E-state index contributed by atoms with van der Waals surface area (Å²) >= 11 is 0. The minimum Gasteiger partial charge on any atom is -0.315 e. The maximum absolute atomic E-state index is 2.44. The summed E-state index contributed by atoms with van der Waals surface area (Å²) in [5.74, 6) is 0. The highest BCUT2D eigenvalue weighted by Crippen LogP contribution is 2.46. The van der Waals surface area contributed by atoms with Gasteiger partial charge in [0.2, 0.25) is 0 Å². The van der Waals surface area contributed by atoms with Gasteiger partial charge >= 0.3 is 0 Å². The molecule has 660 valence electrons. The molecule has 21 aromatic carbocycles. The number of aromatic nitrogens is 9. The maximum atomic E-state index is 2.44. The summed E-state index contributed by atoms with van der Waals surface area (Å²) in [7, 11) is 0. The first kappa shape index (κ1) is 80.5. The van der Waals surface area contributed by atoms with Crippen molar-refractivity contribution in [1.29, 1.82) is 0 Å². The second kappa shape index (κ2) is 33.0. The highest BCUT2D eigenvalue weighted by atomic mass is 15.1. The van der Waals surface area contributed by atoms with Crippen molar-refractivity contribution >= 4 is 164 Å². The van der Waals surface area contributed by atoms with E-state index in [1.54, 1.807) is 0 Å². The lowest BCUT2D eigenvalue weighted by molar-refractivity contribution is 1.11. The van der Waals surface area contributed by atoms with Gasteiger partial charge in [0.25, 0.3) is 0 Å². The molecule has 0 aliphatic carbocycles. The van der Waals surface area contributed by atoms with E-state index in [2.05, 4.69) is 569 Å². The number of hydrogen-bond donors (Lipinski definition) is 0. The van der Waals surface area contributed by atoms with Crippen LogP contribution >= 0.6 is 0 Å². The fraction of sp³-hybridized carbons (Fsp3) is 0. The molecule has 0 bridgehead atoms. The molecule has 0 radical (unpaired) electrons. The first-order valence-electron chi connectivity index (χ1n) is 48.3. The molecule has 0 amide bonds. The van der Waals surface area contributed by atoms with Gasteiger partial charge < -0.3 is 41.1 Å². The lowest BCUT2D eigenvalue weighted by Gasteiger charge is -2.13. The zero-order chi connectivity index (χ0) is 92.7. The molecular weight excluding hydrogens is 1710 g/mol. The summed E-state index contributed by atoms with van der Waals surface area (Å²) in [5, 5.41) is 18.8. The van der Waals surface area contributed by atoms with Crippen LogP contribution in [0, 0.1) is 0 Å². The van der Waals surface area contributed by atoms with Crippen LogP contribution in [0.2, 0.25) is 0 Å². The van der Waals surface area contributed by atoms with Gasteiger partial charge in [-0.05, 0) is 234 Å². The third-order valence-electron chi connectivity index (χ3n) is 29.0. The molecule has 0 unspecified atom stereocenters. The largest absolute Gasteiger partial charge is 0.315 e. The molecule has 9 aromatic heterocycles. The molecular formula is C132H87N9. The Morgan fingerprint density at radius 3 is 0.567 bits per heavy atom. The Labute approximate surface area is 811 Å². The molecule has 0 saturated heterocycles. The molecule has 0 aliphatic heterocycles. The van der Waals surface area contributed by atoms with E-state index in [1.165, 1.54) is 197 Å². The van der Waals surface area contributed by atoms with Crippen molar-refractivity contribution in [3.05, 3.63) is 528 Å². The Bertz CT molecular complexity index is 9980. The number of nitrogens with zero attached hydrogens (tertiary/aromatic N) is 9. The predicted molar refractivity (Wildman–Crippen MR) is 592 cm³/mol. The topological polar surface area (TPSA) is 44.4 Å². The standard InChI is InChI=1S/C50H33N3.C44H29N3.C38H25N3/c1-4-12-34(13-5-1)37-21-28-47-44(32-37)45-33-38(35-14-6-2-7-15-35)22-29-48(45)52(47)40-23-25-41(26-24-40)53-46-19-11-10-18-42(46)43-27-20-36-30-31-51(49(36)50(43)53)39-16-8-3-9-17-39;1-3-11-30(12-4-1)32-20-26-42-39(29-32)37-16-8-9-17-40(37)46(42)34-21-23-35(24-22-34)47-41-18-10-7-15-36(41)38-25-19-31-27-28-45(43(31)44(38)47)33-13-5-2-6-14-33;1-2-10-27(11-3-1)39-25-24-26-18-23-33-32-14-6-9-17-36(32)41(38(33)37(26)39)29-21-19-28(20-22-29)40-34-15-7-4-12-30(34)31-13-5-8-16-35(31)40/h1-33H;1-29H;1-25H. The van der Waals surface area contributed by atoms with Gasteiger partial charge in [0, 0.05) is 151 Å². The van der Waals surface area contributed by atoms with E-state index in [9.17, 15) is 0 Å². The van der Waals surface area contributed by atoms with E-state index in [0.717, 1.165) is 51.2 Å². The monoisotopic (exact) mass is 1800 g/mol. The van der Waals surface area contributed by atoms with Gasteiger partial charge in [-0.1, -0.05) is 309 Å². The Morgan fingerprint density at radius 1 is 0.106 bits per heavy atom. The first-order chi connectivity index (χ1) is 70.0. The second-order valence-corrected chi connectivity index (χ2v) is 36.7.